The zero-order chi connectivity index (χ0) is 14.0. The molecule has 1 aromatic heterocycles. The summed E-state index contributed by atoms with van der Waals surface area (Å²) in [5.74, 6) is -0.521. The van der Waals surface area contributed by atoms with E-state index in [1.807, 2.05) is 19.1 Å². The van der Waals surface area contributed by atoms with Crippen LogP contribution in [0.1, 0.15) is 11.1 Å². The molecule has 4 nitrogen and oxygen atoms in total. The van der Waals surface area contributed by atoms with Gasteiger partial charge in [-0.3, -0.25) is 0 Å². The van der Waals surface area contributed by atoms with Gasteiger partial charge in [0.25, 0.3) is 0 Å². The smallest absolute Gasteiger partial charge is 0.340 e. The molecule has 0 spiro atoms. The minimum Gasteiger partial charge on any atom is -0.466 e. The molecule has 98 valence electrons. The number of rotatable bonds is 3. The molecule has 0 aliphatic heterocycles. The van der Waals surface area contributed by atoms with E-state index in [9.17, 15) is 9.59 Å². The standard InChI is InChI=1S/C15H14O4/c1-9(14(16)18-3)8-12-10(2)11-6-4-5-7-13(11)19-15(12)17/h4-7H,1,8H2,2-3H3. The van der Waals surface area contributed by atoms with E-state index >= 15 is 0 Å². The van der Waals surface area contributed by atoms with Crippen LogP contribution in [0.25, 0.3) is 11.0 Å². The molecule has 2 aromatic rings. The summed E-state index contributed by atoms with van der Waals surface area (Å²) in [7, 11) is 1.28. The third kappa shape index (κ3) is 2.42. The lowest BCUT2D eigenvalue weighted by molar-refractivity contribution is -0.136. The van der Waals surface area contributed by atoms with Crippen molar-refractivity contribution in [3.8, 4) is 0 Å². The maximum Gasteiger partial charge on any atom is 0.340 e. The fraction of sp³-hybridized carbons (Fsp3) is 0.200. The normalized spacial score (nSPS) is 10.4. The molecular weight excluding hydrogens is 244 g/mol. The van der Waals surface area contributed by atoms with Crippen LogP contribution in [0.4, 0.5) is 0 Å². The Balaban J connectivity index is 2.52. The summed E-state index contributed by atoms with van der Waals surface area (Å²) in [6, 6.07) is 7.28. The number of esters is 1. The van der Waals surface area contributed by atoms with E-state index in [1.54, 1.807) is 12.1 Å². The Morgan fingerprint density at radius 1 is 1.37 bits per heavy atom. The van der Waals surface area contributed by atoms with Crippen molar-refractivity contribution in [1.29, 1.82) is 0 Å². The molecule has 0 saturated heterocycles. The second kappa shape index (κ2) is 5.10. The molecule has 1 heterocycles. The first kappa shape index (κ1) is 13.1. The van der Waals surface area contributed by atoms with Crippen molar-refractivity contribution in [2.75, 3.05) is 7.11 Å². The Labute approximate surface area is 110 Å². The van der Waals surface area contributed by atoms with E-state index in [0.29, 0.717) is 11.1 Å². The molecule has 4 heteroatoms. The van der Waals surface area contributed by atoms with Crippen molar-refractivity contribution in [2.45, 2.75) is 13.3 Å². The van der Waals surface area contributed by atoms with Crippen molar-refractivity contribution in [1.82, 2.24) is 0 Å². The van der Waals surface area contributed by atoms with E-state index in [2.05, 4.69) is 11.3 Å². The lowest BCUT2D eigenvalue weighted by atomic mass is 10.0. The molecule has 0 atom stereocenters. The molecule has 0 aliphatic rings. The summed E-state index contributed by atoms with van der Waals surface area (Å²) >= 11 is 0. The maximum atomic E-state index is 11.9. The monoisotopic (exact) mass is 258 g/mol. The van der Waals surface area contributed by atoms with Crippen molar-refractivity contribution in [3.05, 3.63) is 58.0 Å². The number of fused-ring (bicyclic) bond motifs is 1. The predicted octanol–water partition coefficient (Wildman–Crippen LogP) is 2.37. The minimum atomic E-state index is -0.521. The van der Waals surface area contributed by atoms with Gasteiger partial charge >= 0.3 is 11.6 Å². The highest BCUT2D eigenvalue weighted by Crippen LogP contribution is 2.20. The first-order valence-corrected chi connectivity index (χ1v) is 5.82. The van der Waals surface area contributed by atoms with E-state index < -0.39 is 11.6 Å². The Kier molecular flexibility index (Phi) is 3.51. The number of hydrogen-bond donors (Lipinski definition) is 0. The third-order valence-corrected chi connectivity index (χ3v) is 3.06. The molecule has 0 fully saturated rings. The lowest BCUT2D eigenvalue weighted by Gasteiger charge is -2.08. The maximum absolute atomic E-state index is 11.9. The van der Waals surface area contributed by atoms with Crippen molar-refractivity contribution in [3.63, 3.8) is 0 Å². The molecule has 0 bridgehead atoms. The Morgan fingerprint density at radius 2 is 2.05 bits per heavy atom. The third-order valence-electron chi connectivity index (χ3n) is 3.06. The molecule has 0 N–H and O–H groups in total. The number of carbonyl (C=O) groups is 1. The number of hydrogen-bond acceptors (Lipinski definition) is 4. The van der Waals surface area contributed by atoms with Crippen molar-refractivity contribution >= 4 is 16.9 Å². The number of para-hydroxylation sites is 1. The summed E-state index contributed by atoms with van der Waals surface area (Å²) in [6.45, 7) is 5.46. The van der Waals surface area contributed by atoms with Crippen LogP contribution in [0.15, 0.2) is 45.6 Å². The molecule has 0 aliphatic carbocycles. The zero-order valence-electron chi connectivity index (χ0n) is 10.9. The summed E-state index contributed by atoms with van der Waals surface area (Å²) in [5.41, 5.74) is 1.57. The van der Waals surface area contributed by atoms with Gasteiger partial charge in [-0.05, 0) is 18.6 Å². The molecule has 19 heavy (non-hydrogen) atoms. The van der Waals surface area contributed by atoms with Gasteiger partial charge in [-0.1, -0.05) is 24.8 Å². The molecule has 1 aromatic carbocycles. The van der Waals surface area contributed by atoms with Crippen molar-refractivity contribution in [2.24, 2.45) is 0 Å². The van der Waals surface area contributed by atoms with Gasteiger partial charge in [0, 0.05) is 22.9 Å². The highest BCUT2D eigenvalue weighted by molar-refractivity contribution is 5.88. The molecular formula is C15H14O4. The van der Waals surface area contributed by atoms with E-state index in [0.717, 1.165) is 10.9 Å². The summed E-state index contributed by atoms with van der Waals surface area (Å²) in [6.07, 6.45) is 0.131. The fourth-order valence-electron chi connectivity index (χ4n) is 1.98. The number of methoxy groups -OCH3 is 1. The second-order valence-electron chi connectivity index (χ2n) is 4.26. The molecule has 0 saturated carbocycles. The molecule has 0 unspecified atom stereocenters. The highest BCUT2D eigenvalue weighted by Gasteiger charge is 2.15. The predicted molar refractivity (Wildman–Crippen MR) is 72.1 cm³/mol. The van der Waals surface area contributed by atoms with Crippen LogP contribution in [0, 0.1) is 6.92 Å². The quantitative estimate of drug-likeness (QED) is 0.482. The van der Waals surface area contributed by atoms with Gasteiger partial charge in [0.2, 0.25) is 0 Å². The Morgan fingerprint density at radius 3 is 2.74 bits per heavy atom. The minimum absolute atomic E-state index is 0.131. The van der Waals surface area contributed by atoms with Crippen LogP contribution in [0.5, 0.6) is 0 Å². The van der Waals surface area contributed by atoms with Gasteiger partial charge < -0.3 is 9.15 Å². The van der Waals surface area contributed by atoms with Crippen LogP contribution < -0.4 is 5.63 Å². The highest BCUT2D eigenvalue weighted by atomic mass is 16.5. The lowest BCUT2D eigenvalue weighted by Crippen LogP contribution is -2.14. The first-order valence-electron chi connectivity index (χ1n) is 5.82. The van der Waals surface area contributed by atoms with Crippen LogP contribution in [0.3, 0.4) is 0 Å². The SMILES string of the molecule is C=C(Cc1c(C)c2ccccc2oc1=O)C(=O)OC. The largest absolute Gasteiger partial charge is 0.466 e. The number of aryl methyl sites for hydroxylation is 1. The Hall–Kier alpha value is -2.36. The van der Waals surface area contributed by atoms with E-state index in [-0.39, 0.29) is 12.0 Å². The van der Waals surface area contributed by atoms with Gasteiger partial charge in [-0.25, -0.2) is 9.59 Å². The molecule has 2 rings (SSSR count). The first-order chi connectivity index (χ1) is 9.04. The average Bonchev–Trinajstić information content (AvgIpc) is 2.42. The van der Waals surface area contributed by atoms with Gasteiger partial charge in [-0.2, -0.15) is 0 Å². The molecule has 0 radical (unpaired) electrons. The van der Waals surface area contributed by atoms with Gasteiger partial charge in [0.1, 0.15) is 5.58 Å². The second-order valence-corrected chi connectivity index (χ2v) is 4.26. The van der Waals surface area contributed by atoms with Gasteiger partial charge in [-0.15, -0.1) is 0 Å². The van der Waals surface area contributed by atoms with Crippen LogP contribution in [-0.4, -0.2) is 13.1 Å². The van der Waals surface area contributed by atoms with Crippen LogP contribution in [0.2, 0.25) is 0 Å². The molecule has 0 amide bonds. The number of carbonyl (C=O) groups excluding carboxylic acids is 1. The number of benzene rings is 1. The van der Waals surface area contributed by atoms with Gasteiger partial charge in [0.15, 0.2) is 0 Å². The Bertz CT molecular complexity index is 710. The van der Waals surface area contributed by atoms with E-state index in [4.69, 9.17) is 4.42 Å². The van der Waals surface area contributed by atoms with Crippen molar-refractivity contribution < 1.29 is 13.9 Å². The number of ether oxygens (including phenoxy) is 1. The van der Waals surface area contributed by atoms with E-state index in [1.165, 1.54) is 7.11 Å². The topological polar surface area (TPSA) is 56.5 Å². The fourth-order valence-corrected chi connectivity index (χ4v) is 1.98. The van der Waals surface area contributed by atoms with Gasteiger partial charge in [0.05, 0.1) is 7.11 Å². The summed E-state index contributed by atoms with van der Waals surface area (Å²) in [4.78, 5) is 23.3. The zero-order valence-corrected chi connectivity index (χ0v) is 10.9. The van der Waals surface area contributed by atoms with Crippen LogP contribution in [-0.2, 0) is 16.0 Å². The average molecular weight is 258 g/mol. The summed E-state index contributed by atoms with van der Waals surface area (Å²) < 4.78 is 9.82. The van der Waals surface area contributed by atoms with Crippen LogP contribution >= 0.6 is 0 Å². The summed E-state index contributed by atoms with van der Waals surface area (Å²) in [5, 5.41) is 0.856.